The molecule has 20 heavy (non-hydrogen) atoms. The van der Waals surface area contributed by atoms with E-state index in [1.54, 1.807) is 23.1 Å². The first-order valence-corrected chi connectivity index (χ1v) is 8.29. The number of fused-ring (bicyclic) bond motifs is 1. The Kier molecular flexibility index (Phi) is 4.14. The van der Waals surface area contributed by atoms with E-state index >= 15 is 0 Å². The van der Waals surface area contributed by atoms with Crippen LogP contribution in [-0.2, 0) is 0 Å². The van der Waals surface area contributed by atoms with Gasteiger partial charge >= 0.3 is 0 Å². The summed E-state index contributed by atoms with van der Waals surface area (Å²) in [5.41, 5.74) is 8.37. The predicted molar refractivity (Wildman–Crippen MR) is 81.9 cm³/mol. The van der Waals surface area contributed by atoms with Crippen LogP contribution >= 0.6 is 23.1 Å². The molecule has 2 heterocycles. The highest BCUT2D eigenvalue weighted by molar-refractivity contribution is 8.01. The number of aryl methyl sites for hydroxylation is 1. The first-order valence-electron chi connectivity index (χ1n) is 6.42. The lowest BCUT2D eigenvalue weighted by atomic mass is 10.1. The van der Waals surface area contributed by atoms with Gasteiger partial charge in [-0.1, -0.05) is 17.8 Å². The lowest BCUT2D eigenvalue weighted by Crippen LogP contribution is -2.17. The maximum absolute atomic E-state index is 6.24. The fourth-order valence-corrected chi connectivity index (χ4v) is 3.81. The van der Waals surface area contributed by atoms with Crippen LogP contribution in [0.25, 0.3) is 0 Å². The Morgan fingerprint density at radius 3 is 2.90 bits per heavy atom. The highest BCUT2D eigenvalue weighted by atomic mass is 32.2. The molecule has 0 bridgehead atoms. The van der Waals surface area contributed by atoms with E-state index in [1.165, 1.54) is 0 Å². The molecule has 2 aromatic rings. The van der Waals surface area contributed by atoms with Crippen LogP contribution in [0.2, 0.25) is 0 Å². The van der Waals surface area contributed by atoms with Gasteiger partial charge in [0.25, 0.3) is 0 Å². The minimum absolute atomic E-state index is 0.0416. The Balaban J connectivity index is 1.66. The number of hydrogen-bond acceptors (Lipinski definition) is 6. The molecule has 4 nitrogen and oxygen atoms in total. The van der Waals surface area contributed by atoms with Crippen LogP contribution in [-0.4, -0.2) is 24.0 Å². The van der Waals surface area contributed by atoms with Crippen molar-refractivity contribution in [2.45, 2.75) is 17.3 Å². The van der Waals surface area contributed by atoms with Crippen molar-refractivity contribution in [1.29, 1.82) is 0 Å². The number of hydrogen-bond donors (Lipinski definition) is 1. The van der Waals surface area contributed by atoms with E-state index < -0.39 is 0 Å². The van der Waals surface area contributed by atoms with Crippen LogP contribution < -0.4 is 15.2 Å². The van der Waals surface area contributed by atoms with E-state index in [0.29, 0.717) is 13.2 Å². The number of benzene rings is 1. The minimum atomic E-state index is -0.0416. The van der Waals surface area contributed by atoms with Gasteiger partial charge in [0.2, 0.25) is 0 Å². The zero-order chi connectivity index (χ0) is 13.9. The summed E-state index contributed by atoms with van der Waals surface area (Å²) in [7, 11) is 0. The van der Waals surface area contributed by atoms with Crippen molar-refractivity contribution < 1.29 is 9.47 Å². The third kappa shape index (κ3) is 3.08. The van der Waals surface area contributed by atoms with Gasteiger partial charge in [0.05, 0.1) is 0 Å². The van der Waals surface area contributed by atoms with Gasteiger partial charge in [-0.05, 0) is 24.6 Å². The quantitative estimate of drug-likeness (QED) is 0.880. The number of rotatable bonds is 4. The summed E-state index contributed by atoms with van der Waals surface area (Å²) in [6.07, 6.45) is 0. The third-order valence-corrected chi connectivity index (χ3v) is 5.24. The van der Waals surface area contributed by atoms with Gasteiger partial charge in [0.1, 0.15) is 17.6 Å². The molecule has 2 N–H and O–H groups in total. The lowest BCUT2D eigenvalue weighted by molar-refractivity contribution is 0.171. The Labute approximate surface area is 126 Å². The smallest absolute Gasteiger partial charge is 0.161 e. The van der Waals surface area contributed by atoms with Crippen molar-refractivity contribution in [3.63, 3.8) is 0 Å². The summed E-state index contributed by atoms with van der Waals surface area (Å²) in [5.74, 6) is 2.39. The second-order valence-electron chi connectivity index (χ2n) is 4.58. The van der Waals surface area contributed by atoms with E-state index in [4.69, 9.17) is 15.2 Å². The fourth-order valence-electron chi connectivity index (χ4n) is 1.95. The van der Waals surface area contributed by atoms with Crippen molar-refractivity contribution >= 4 is 23.1 Å². The molecule has 1 aliphatic rings. The molecule has 1 unspecified atom stereocenters. The summed E-state index contributed by atoms with van der Waals surface area (Å²) in [5, 5.41) is 2.05. The summed E-state index contributed by atoms with van der Waals surface area (Å²) >= 11 is 3.35. The van der Waals surface area contributed by atoms with Gasteiger partial charge in [-0.25, -0.2) is 4.98 Å². The molecular weight excluding hydrogens is 292 g/mol. The molecule has 0 radical (unpaired) electrons. The molecule has 6 heteroatoms. The van der Waals surface area contributed by atoms with E-state index in [1.807, 2.05) is 25.1 Å². The Bertz CT molecular complexity index is 601. The van der Waals surface area contributed by atoms with Crippen LogP contribution in [0.1, 0.15) is 17.3 Å². The van der Waals surface area contributed by atoms with Crippen LogP contribution in [0, 0.1) is 6.92 Å². The van der Waals surface area contributed by atoms with Gasteiger partial charge in [-0.3, -0.25) is 0 Å². The van der Waals surface area contributed by atoms with Crippen LogP contribution in [0.15, 0.2) is 27.9 Å². The minimum Gasteiger partial charge on any atom is -0.486 e. The number of nitrogens with zero attached hydrogens (tertiary/aromatic N) is 1. The molecule has 1 atom stereocenters. The lowest BCUT2D eigenvalue weighted by Gasteiger charge is -2.20. The Morgan fingerprint density at radius 2 is 2.15 bits per heavy atom. The molecule has 3 rings (SSSR count). The summed E-state index contributed by atoms with van der Waals surface area (Å²) in [6.45, 7) is 3.21. The number of nitrogens with two attached hydrogens (primary N) is 1. The van der Waals surface area contributed by atoms with E-state index in [0.717, 1.165) is 32.8 Å². The third-order valence-electron chi connectivity index (χ3n) is 2.98. The molecule has 1 aromatic heterocycles. The Morgan fingerprint density at radius 1 is 1.35 bits per heavy atom. The molecule has 0 amide bonds. The van der Waals surface area contributed by atoms with E-state index in [-0.39, 0.29) is 6.04 Å². The monoisotopic (exact) mass is 308 g/mol. The molecule has 0 fully saturated rings. The maximum atomic E-state index is 6.24. The molecule has 0 saturated carbocycles. The average Bonchev–Trinajstić information content (AvgIpc) is 2.90. The van der Waals surface area contributed by atoms with E-state index in [2.05, 4.69) is 10.4 Å². The standard InChI is InChI=1S/C14H16N2O2S2/c1-9-7-19-14(16-9)20-8-11(15)10-2-3-12-13(6-10)18-5-4-17-12/h2-3,6-7,11H,4-5,8,15H2,1H3. The summed E-state index contributed by atoms with van der Waals surface area (Å²) in [4.78, 5) is 4.43. The first kappa shape index (κ1) is 13.7. The molecule has 0 spiro atoms. The molecule has 0 aliphatic carbocycles. The topological polar surface area (TPSA) is 57.4 Å². The molecule has 1 aromatic carbocycles. The van der Waals surface area contributed by atoms with E-state index in [9.17, 15) is 0 Å². The van der Waals surface area contributed by atoms with Gasteiger partial charge in [-0.2, -0.15) is 0 Å². The number of thiazole rings is 1. The van der Waals surface area contributed by atoms with Gasteiger partial charge in [0.15, 0.2) is 11.5 Å². The summed E-state index contributed by atoms with van der Waals surface area (Å²) in [6, 6.07) is 5.88. The number of ether oxygens (including phenoxy) is 2. The van der Waals surface area contributed by atoms with Gasteiger partial charge in [-0.15, -0.1) is 11.3 Å². The second-order valence-corrected chi connectivity index (χ2v) is 6.70. The maximum Gasteiger partial charge on any atom is 0.161 e. The SMILES string of the molecule is Cc1csc(SCC(N)c2ccc3c(c2)OCCO3)n1. The normalized spacial score (nSPS) is 15.1. The molecule has 0 saturated heterocycles. The Hall–Kier alpha value is -1.24. The van der Waals surface area contributed by atoms with Crippen molar-refractivity contribution in [3.05, 3.63) is 34.8 Å². The van der Waals surface area contributed by atoms with Gasteiger partial charge < -0.3 is 15.2 Å². The van der Waals surface area contributed by atoms with Crippen molar-refractivity contribution in [3.8, 4) is 11.5 Å². The van der Waals surface area contributed by atoms with Gasteiger partial charge in [0, 0.05) is 22.9 Å². The highest BCUT2D eigenvalue weighted by Crippen LogP contribution is 2.33. The van der Waals surface area contributed by atoms with Crippen LogP contribution in [0.5, 0.6) is 11.5 Å². The first-order chi connectivity index (χ1) is 9.72. The summed E-state index contributed by atoms with van der Waals surface area (Å²) < 4.78 is 12.2. The van der Waals surface area contributed by atoms with Crippen LogP contribution in [0.3, 0.4) is 0 Å². The zero-order valence-electron chi connectivity index (χ0n) is 11.2. The van der Waals surface area contributed by atoms with Crippen molar-refractivity contribution in [2.24, 2.45) is 5.73 Å². The van der Waals surface area contributed by atoms with Crippen molar-refractivity contribution in [1.82, 2.24) is 4.98 Å². The largest absolute Gasteiger partial charge is 0.486 e. The number of thioether (sulfide) groups is 1. The zero-order valence-corrected chi connectivity index (χ0v) is 12.8. The fraction of sp³-hybridized carbons (Fsp3) is 0.357. The average molecular weight is 308 g/mol. The highest BCUT2D eigenvalue weighted by Gasteiger charge is 2.15. The number of aromatic nitrogens is 1. The molecular formula is C14H16N2O2S2. The van der Waals surface area contributed by atoms with Crippen molar-refractivity contribution in [2.75, 3.05) is 19.0 Å². The predicted octanol–water partition coefficient (Wildman–Crippen LogP) is 3.01. The second kappa shape index (κ2) is 6.03. The molecule has 1 aliphatic heterocycles. The van der Waals surface area contributed by atoms with Crippen LogP contribution in [0.4, 0.5) is 0 Å². The molecule has 106 valence electrons.